The van der Waals surface area contributed by atoms with Crippen LogP contribution in [0.1, 0.15) is 23.1 Å². The number of aryl methyl sites for hydroxylation is 2. The summed E-state index contributed by atoms with van der Waals surface area (Å²) in [5.41, 5.74) is 3.49. The first-order chi connectivity index (χ1) is 8.34. The predicted molar refractivity (Wildman–Crippen MR) is 70.6 cm³/mol. The Balaban J connectivity index is 1.91. The monoisotopic (exact) mass is 221 g/mol. The van der Waals surface area contributed by atoms with E-state index in [0.717, 1.165) is 24.0 Å². The number of benzene rings is 1. The first-order valence-electron chi connectivity index (χ1n) is 5.79. The summed E-state index contributed by atoms with van der Waals surface area (Å²) in [4.78, 5) is 4.12. The van der Waals surface area contributed by atoms with E-state index in [4.69, 9.17) is 0 Å². The second kappa shape index (κ2) is 5.86. The quantitative estimate of drug-likeness (QED) is 0.708. The molecule has 1 aromatic carbocycles. The van der Waals surface area contributed by atoms with Gasteiger partial charge in [0.1, 0.15) is 0 Å². The van der Waals surface area contributed by atoms with Gasteiger partial charge in [-0.15, -0.1) is 0 Å². The van der Waals surface area contributed by atoms with Gasteiger partial charge < -0.3 is 0 Å². The molecule has 0 saturated heterocycles. The van der Waals surface area contributed by atoms with E-state index in [1.54, 1.807) is 0 Å². The third kappa shape index (κ3) is 3.77. The summed E-state index contributed by atoms with van der Waals surface area (Å²) in [6.45, 7) is 2.03. The average molecular weight is 221 g/mol. The fourth-order valence-corrected chi connectivity index (χ4v) is 1.64. The third-order valence-corrected chi connectivity index (χ3v) is 2.49. The molecule has 0 unspecified atom stereocenters. The highest BCUT2D eigenvalue weighted by molar-refractivity contribution is 5.34. The second-order valence-electron chi connectivity index (χ2n) is 4.04. The molecule has 1 nitrogen and oxygen atoms in total. The lowest BCUT2D eigenvalue weighted by Gasteiger charge is -1.95. The first kappa shape index (κ1) is 11.4. The summed E-state index contributed by atoms with van der Waals surface area (Å²) in [7, 11) is 0. The molecule has 2 rings (SSSR count). The highest BCUT2D eigenvalue weighted by atomic mass is 14.6. The van der Waals surface area contributed by atoms with Gasteiger partial charge in [0.2, 0.25) is 0 Å². The van der Waals surface area contributed by atoms with Crippen LogP contribution in [-0.4, -0.2) is 4.98 Å². The van der Waals surface area contributed by atoms with E-state index in [1.165, 1.54) is 5.56 Å². The van der Waals surface area contributed by atoms with Gasteiger partial charge in [-0.3, -0.25) is 4.98 Å². The van der Waals surface area contributed by atoms with Gasteiger partial charge >= 0.3 is 0 Å². The standard InChI is InChI=1S/C16H15N/c1-14-11-16(13-17-12-14)10-6-5-9-15-7-3-2-4-8-15/h2-4,7-8,11-13H,5,9H2,1H3. The highest BCUT2D eigenvalue weighted by Gasteiger charge is 1.89. The van der Waals surface area contributed by atoms with Gasteiger partial charge in [-0.2, -0.15) is 0 Å². The van der Waals surface area contributed by atoms with Crippen molar-refractivity contribution < 1.29 is 0 Å². The summed E-state index contributed by atoms with van der Waals surface area (Å²) >= 11 is 0. The van der Waals surface area contributed by atoms with Crippen LogP contribution in [0.3, 0.4) is 0 Å². The Labute approximate surface area is 103 Å². The number of hydrogen-bond acceptors (Lipinski definition) is 1. The molecule has 84 valence electrons. The van der Waals surface area contributed by atoms with Crippen molar-refractivity contribution in [3.05, 3.63) is 65.5 Å². The molecular formula is C16H15N. The van der Waals surface area contributed by atoms with Crippen molar-refractivity contribution in [1.29, 1.82) is 0 Å². The zero-order valence-electron chi connectivity index (χ0n) is 9.98. The van der Waals surface area contributed by atoms with Gasteiger partial charge in [0.05, 0.1) is 0 Å². The fraction of sp³-hybridized carbons (Fsp3) is 0.188. The number of aromatic nitrogens is 1. The maximum atomic E-state index is 4.12. The summed E-state index contributed by atoms with van der Waals surface area (Å²) in [5.74, 6) is 6.33. The molecule has 17 heavy (non-hydrogen) atoms. The third-order valence-electron chi connectivity index (χ3n) is 2.49. The summed E-state index contributed by atoms with van der Waals surface area (Å²) in [5, 5.41) is 0. The van der Waals surface area contributed by atoms with Gasteiger partial charge in [-0.1, -0.05) is 42.2 Å². The molecule has 0 aliphatic heterocycles. The SMILES string of the molecule is Cc1cncc(C#CCCc2ccccc2)c1. The molecule has 1 heteroatoms. The zero-order valence-corrected chi connectivity index (χ0v) is 9.98. The van der Waals surface area contributed by atoms with E-state index in [9.17, 15) is 0 Å². The Morgan fingerprint density at radius 1 is 1.12 bits per heavy atom. The lowest BCUT2D eigenvalue weighted by Crippen LogP contribution is -1.83. The van der Waals surface area contributed by atoms with E-state index < -0.39 is 0 Å². The summed E-state index contributed by atoms with van der Waals surface area (Å²) < 4.78 is 0. The van der Waals surface area contributed by atoms with Crippen molar-refractivity contribution in [2.24, 2.45) is 0 Å². The largest absolute Gasteiger partial charge is 0.263 e. The smallest absolute Gasteiger partial charge is 0.0431 e. The van der Waals surface area contributed by atoms with Gasteiger partial charge in [0.15, 0.2) is 0 Å². The summed E-state index contributed by atoms with van der Waals surface area (Å²) in [6.07, 6.45) is 5.54. The molecule has 0 fully saturated rings. The molecule has 0 saturated carbocycles. The minimum absolute atomic E-state index is 0.887. The molecule has 0 bridgehead atoms. The van der Waals surface area contributed by atoms with Gasteiger partial charge in [0, 0.05) is 24.4 Å². The Hall–Kier alpha value is -2.07. The molecule has 0 radical (unpaired) electrons. The minimum atomic E-state index is 0.887. The lowest BCUT2D eigenvalue weighted by atomic mass is 10.1. The van der Waals surface area contributed by atoms with Crippen LogP contribution in [0.15, 0.2) is 48.8 Å². The lowest BCUT2D eigenvalue weighted by molar-refractivity contribution is 1.03. The Morgan fingerprint density at radius 3 is 2.71 bits per heavy atom. The number of nitrogens with zero attached hydrogens (tertiary/aromatic N) is 1. The molecule has 0 aliphatic carbocycles. The molecular weight excluding hydrogens is 206 g/mol. The van der Waals surface area contributed by atoms with Crippen LogP contribution < -0.4 is 0 Å². The Morgan fingerprint density at radius 2 is 1.94 bits per heavy atom. The van der Waals surface area contributed by atoms with Crippen LogP contribution in [-0.2, 0) is 6.42 Å². The van der Waals surface area contributed by atoms with E-state index in [-0.39, 0.29) is 0 Å². The fourth-order valence-electron chi connectivity index (χ4n) is 1.64. The number of pyridine rings is 1. The maximum absolute atomic E-state index is 4.12. The van der Waals surface area contributed by atoms with E-state index in [0.29, 0.717) is 0 Å². The zero-order chi connectivity index (χ0) is 11.9. The van der Waals surface area contributed by atoms with Gasteiger partial charge in [-0.05, 0) is 30.5 Å². The molecule has 0 N–H and O–H groups in total. The molecule has 0 amide bonds. The van der Waals surface area contributed by atoms with Crippen LogP contribution in [0, 0.1) is 18.8 Å². The van der Waals surface area contributed by atoms with E-state index >= 15 is 0 Å². The highest BCUT2D eigenvalue weighted by Crippen LogP contribution is 2.02. The topological polar surface area (TPSA) is 12.9 Å². The molecule has 1 heterocycles. The van der Waals surface area contributed by atoms with Crippen LogP contribution in [0.5, 0.6) is 0 Å². The van der Waals surface area contributed by atoms with E-state index in [1.807, 2.05) is 25.4 Å². The molecule has 2 aromatic rings. The van der Waals surface area contributed by atoms with Gasteiger partial charge in [-0.25, -0.2) is 0 Å². The average Bonchev–Trinajstić information content (AvgIpc) is 2.36. The second-order valence-corrected chi connectivity index (χ2v) is 4.04. The van der Waals surface area contributed by atoms with Crippen LogP contribution in [0.25, 0.3) is 0 Å². The molecule has 1 aromatic heterocycles. The number of hydrogen-bond donors (Lipinski definition) is 0. The van der Waals surface area contributed by atoms with Crippen molar-refractivity contribution in [2.75, 3.05) is 0 Å². The van der Waals surface area contributed by atoms with Crippen molar-refractivity contribution in [1.82, 2.24) is 4.98 Å². The van der Waals surface area contributed by atoms with Crippen LogP contribution in [0.2, 0.25) is 0 Å². The molecule has 0 atom stereocenters. The molecule has 0 spiro atoms. The van der Waals surface area contributed by atoms with Crippen molar-refractivity contribution >= 4 is 0 Å². The van der Waals surface area contributed by atoms with Crippen molar-refractivity contribution in [2.45, 2.75) is 19.8 Å². The van der Waals surface area contributed by atoms with Gasteiger partial charge in [0.25, 0.3) is 0 Å². The minimum Gasteiger partial charge on any atom is -0.263 e. The predicted octanol–water partition coefficient (Wildman–Crippen LogP) is 3.37. The normalized spacial score (nSPS) is 9.47. The summed E-state index contributed by atoms with van der Waals surface area (Å²) in [6, 6.07) is 12.5. The number of rotatable bonds is 2. The Kier molecular flexibility index (Phi) is 3.94. The first-order valence-corrected chi connectivity index (χ1v) is 5.79. The van der Waals surface area contributed by atoms with Crippen LogP contribution >= 0.6 is 0 Å². The van der Waals surface area contributed by atoms with Crippen molar-refractivity contribution in [3.63, 3.8) is 0 Å². The Bertz CT molecular complexity index is 532. The molecule has 0 aliphatic rings. The van der Waals surface area contributed by atoms with E-state index in [2.05, 4.69) is 47.2 Å². The van der Waals surface area contributed by atoms with Crippen LogP contribution in [0.4, 0.5) is 0 Å². The maximum Gasteiger partial charge on any atom is 0.0431 e. The van der Waals surface area contributed by atoms with Crippen molar-refractivity contribution in [3.8, 4) is 11.8 Å².